The summed E-state index contributed by atoms with van der Waals surface area (Å²) in [5.74, 6) is 0.711. The monoisotopic (exact) mass is 282 g/mol. The maximum atomic E-state index is 4.35. The molecule has 0 unspecified atom stereocenters. The first-order valence-corrected chi connectivity index (χ1v) is 7.69. The van der Waals surface area contributed by atoms with E-state index in [1.165, 1.54) is 29.5 Å². The smallest absolute Gasteiger partial charge is 0.222 e. The fourth-order valence-corrected chi connectivity index (χ4v) is 2.85. The zero-order valence-corrected chi connectivity index (χ0v) is 12.5. The highest BCUT2D eigenvalue weighted by Crippen LogP contribution is 2.19. The lowest BCUT2D eigenvalue weighted by atomic mass is 10.0. The summed E-state index contributed by atoms with van der Waals surface area (Å²) in [5.41, 5.74) is 4.13. The van der Waals surface area contributed by atoms with Crippen molar-refractivity contribution >= 4 is 5.95 Å². The maximum Gasteiger partial charge on any atom is 0.222 e. The number of anilines is 1. The van der Waals surface area contributed by atoms with Crippen LogP contribution in [0.3, 0.4) is 0 Å². The molecule has 3 rings (SSSR count). The van der Waals surface area contributed by atoms with Crippen LogP contribution in [0.15, 0.2) is 36.7 Å². The number of fused-ring (bicyclic) bond motifs is 1. The molecule has 1 N–H and O–H groups in total. The van der Waals surface area contributed by atoms with Crippen LogP contribution in [0.5, 0.6) is 0 Å². The van der Waals surface area contributed by atoms with E-state index >= 15 is 0 Å². The van der Waals surface area contributed by atoms with Gasteiger partial charge in [0.2, 0.25) is 5.95 Å². The second kappa shape index (κ2) is 6.68. The van der Waals surface area contributed by atoms with Gasteiger partial charge in [-0.15, -0.1) is 0 Å². The molecule has 21 heavy (non-hydrogen) atoms. The molecule has 0 radical (unpaired) electrons. The molecule has 0 atom stereocenters. The Morgan fingerprint density at radius 1 is 1.14 bits per heavy atom. The molecular weight excluding hydrogens is 260 g/mol. The summed E-state index contributed by atoms with van der Waals surface area (Å²) in [6.07, 6.45) is 6.26. The number of rotatable bonds is 4. The quantitative estimate of drug-likeness (QED) is 0.936. The Kier molecular flexibility index (Phi) is 4.46. The zero-order chi connectivity index (χ0) is 14.5. The van der Waals surface area contributed by atoms with Crippen molar-refractivity contribution in [3.63, 3.8) is 0 Å². The molecule has 4 heteroatoms. The fraction of sp³-hybridized carbons (Fsp3) is 0.412. The van der Waals surface area contributed by atoms with E-state index in [-0.39, 0.29) is 0 Å². The maximum absolute atomic E-state index is 4.35. The Balaban J connectivity index is 1.67. The van der Waals surface area contributed by atoms with Gasteiger partial charge in [0.15, 0.2) is 0 Å². The van der Waals surface area contributed by atoms with Gasteiger partial charge in [-0.05, 0) is 37.4 Å². The Morgan fingerprint density at radius 2 is 1.90 bits per heavy atom. The van der Waals surface area contributed by atoms with E-state index < -0.39 is 0 Å². The molecule has 0 fully saturated rings. The van der Waals surface area contributed by atoms with Gasteiger partial charge in [-0.1, -0.05) is 24.3 Å². The summed E-state index contributed by atoms with van der Waals surface area (Å²) in [4.78, 5) is 11.2. The number of nitrogens with zero attached hydrogens (tertiary/aromatic N) is 3. The Bertz CT molecular complexity index is 580. The van der Waals surface area contributed by atoms with Gasteiger partial charge in [-0.3, -0.25) is 4.90 Å². The lowest BCUT2D eigenvalue weighted by Gasteiger charge is -2.20. The lowest BCUT2D eigenvalue weighted by Crippen LogP contribution is -2.23. The molecule has 2 heterocycles. The van der Waals surface area contributed by atoms with Crippen molar-refractivity contribution in [2.24, 2.45) is 0 Å². The van der Waals surface area contributed by atoms with Crippen LogP contribution in [0.1, 0.15) is 30.0 Å². The Morgan fingerprint density at radius 3 is 2.67 bits per heavy atom. The van der Waals surface area contributed by atoms with Crippen LogP contribution < -0.4 is 5.32 Å². The van der Waals surface area contributed by atoms with E-state index in [2.05, 4.69) is 44.5 Å². The second-order valence-electron chi connectivity index (χ2n) is 5.53. The number of nitrogens with one attached hydrogen (secondary N) is 1. The van der Waals surface area contributed by atoms with E-state index in [1.54, 1.807) is 0 Å². The van der Waals surface area contributed by atoms with Gasteiger partial charge < -0.3 is 5.32 Å². The van der Waals surface area contributed by atoms with Crippen molar-refractivity contribution in [1.29, 1.82) is 0 Å². The van der Waals surface area contributed by atoms with E-state index in [9.17, 15) is 0 Å². The molecule has 110 valence electrons. The number of aromatic nitrogens is 2. The van der Waals surface area contributed by atoms with Crippen LogP contribution in [0, 0.1) is 0 Å². The summed E-state index contributed by atoms with van der Waals surface area (Å²) in [6, 6.07) is 8.78. The van der Waals surface area contributed by atoms with Crippen molar-refractivity contribution < 1.29 is 0 Å². The minimum absolute atomic E-state index is 0.711. The summed E-state index contributed by atoms with van der Waals surface area (Å²) in [5, 5.41) is 3.13. The third-order valence-corrected chi connectivity index (χ3v) is 3.88. The van der Waals surface area contributed by atoms with Gasteiger partial charge in [0.05, 0.1) is 0 Å². The average Bonchev–Trinajstić information content (AvgIpc) is 2.71. The normalized spacial score (nSPS) is 15.3. The molecule has 2 aromatic rings. The van der Waals surface area contributed by atoms with Gasteiger partial charge in [0, 0.05) is 37.6 Å². The van der Waals surface area contributed by atoms with Gasteiger partial charge in [0.1, 0.15) is 0 Å². The summed E-state index contributed by atoms with van der Waals surface area (Å²) >= 11 is 0. The highest BCUT2D eigenvalue weighted by atomic mass is 15.1. The number of hydrogen-bond acceptors (Lipinski definition) is 4. The minimum Gasteiger partial charge on any atom is -0.355 e. The molecule has 1 aliphatic rings. The summed E-state index contributed by atoms with van der Waals surface area (Å²) in [7, 11) is 0. The van der Waals surface area contributed by atoms with Crippen LogP contribution >= 0.6 is 0 Å². The fourth-order valence-electron chi connectivity index (χ4n) is 2.85. The van der Waals surface area contributed by atoms with E-state index in [0.29, 0.717) is 5.95 Å². The molecule has 1 aromatic carbocycles. The van der Waals surface area contributed by atoms with E-state index in [4.69, 9.17) is 0 Å². The molecular formula is C17H22N4. The van der Waals surface area contributed by atoms with E-state index in [0.717, 1.165) is 26.2 Å². The van der Waals surface area contributed by atoms with Crippen molar-refractivity contribution in [2.75, 3.05) is 18.4 Å². The van der Waals surface area contributed by atoms with Crippen LogP contribution in [0.25, 0.3) is 0 Å². The first-order valence-electron chi connectivity index (χ1n) is 7.69. The SMILES string of the molecule is CCNc1ncc(CN2CCCc3ccccc3C2)cn1. The second-order valence-corrected chi connectivity index (χ2v) is 5.53. The molecule has 1 aliphatic heterocycles. The zero-order valence-electron chi connectivity index (χ0n) is 12.5. The van der Waals surface area contributed by atoms with Gasteiger partial charge in [-0.25, -0.2) is 9.97 Å². The highest BCUT2D eigenvalue weighted by Gasteiger charge is 2.14. The molecule has 0 saturated carbocycles. The molecule has 0 aliphatic carbocycles. The minimum atomic E-state index is 0.711. The Hall–Kier alpha value is -1.94. The van der Waals surface area contributed by atoms with Crippen molar-refractivity contribution in [3.8, 4) is 0 Å². The molecule has 1 aromatic heterocycles. The molecule has 0 spiro atoms. The topological polar surface area (TPSA) is 41.1 Å². The molecule has 0 bridgehead atoms. The number of benzene rings is 1. The van der Waals surface area contributed by atoms with Crippen LogP contribution in [-0.2, 0) is 19.5 Å². The summed E-state index contributed by atoms with van der Waals surface area (Å²) in [6.45, 7) is 5.96. The van der Waals surface area contributed by atoms with Gasteiger partial charge in [0.25, 0.3) is 0 Å². The van der Waals surface area contributed by atoms with Crippen molar-refractivity contribution in [1.82, 2.24) is 14.9 Å². The first-order chi connectivity index (χ1) is 10.3. The van der Waals surface area contributed by atoms with Crippen LogP contribution in [0.4, 0.5) is 5.95 Å². The number of aryl methyl sites for hydroxylation is 1. The Labute approximate surface area is 126 Å². The standard InChI is InChI=1S/C17H22N4/c1-2-18-17-19-10-14(11-20-17)12-21-9-5-8-15-6-3-4-7-16(15)13-21/h3-4,6-7,10-11H,2,5,8-9,12-13H2,1H3,(H,18,19,20). The predicted octanol–water partition coefficient (Wildman–Crippen LogP) is 2.86. The summed E-state index contributed by atoms with van der Waals surface area (Å²) < 4.78 is 0. The number of hydrogen-bond donors (Lipinski definition) is 1. The predicted molar refractivity (Wildman–Crippen MR) is 85.1 cm³/mol. The molecule has 4 nitrogen and oxygen atoms in total. The lowest BCUT2D eigenvalue weighted by molar-refractivity contribution is 0.260. The first kappa shape index (κ1) is 14.0. The third kappa shape index (κ3) is 3.58. The molecule has 0 saturated heterocycles. The molecule has 0 amide bonds. The van der Waals surface area contributed by atoms with Crippen molar-refractivity contribution in [2.45, 2.75) is 32.9 Å². The van der Waals surface area contributed by atoms with E-state index in [1.807, 2.05) is 19.3 Å². The van der Waals surface area contributed by atoms with Crippen molar-refractivity contribution in [3.05, 3.63) is 53.3 Å². The van der Waals surface area contributed by atoms with Crippen LogP contribution in [-0.4, -0.2) is 28.0 Å². The van der Waals surface area contributed by atoms with Gasteiger partial charge >= 0.3 is 0 Å². The van der Waals surface area contributed by atoms with Crippen LogP contribution in [0.2, 0.25) is 0 Å². The third-order valence-electron chi connectivity index (χ3n) is 3.88. The largest absolute Gasteiger partial charge is 0.355 e. The average molecular weight is 282 g/mol. The highest BCUT2D eigenvalue weighted by molar-refractivity contribution is 5.28. The van der Waals surface area contributed by atoms with Gasteiger partial charge in [-0.2, -0.15) is 0 Å².